The molecule has 0 radical (unpaired) electrons. The molecule has 3 aliphatic heterocycles. The van der Waals surface area contributed by atoms with Crippen molar-refractivity contribution in [3.05, 3.63) is 46.7 Å². The minimum atomic E-state index is -0.508. The van der Waals surface area contributed by atoms with Gasteiger partial charge in [0.05, 0.1) is 30.5 Å². The average molecular weight is 442 g/mol. The van der Waals surface area contributed by atoms with Gasteiger partial charge in [0, 0.05) is 46.9 Å². The summed E-state index contributed by atoms with van der Waals surface area (Å²) in [6, 6.07) is 7.04. The topological polar surface area (TPSA) is 85.4 Å². The van der Waals surface area contributed by atoms with Crippen molar-refractivity contribution in [2.75, 3.05) is 66.6 Å². The molecule has 0 spiro atoms. The van der Waals surface area contributed by atoms with Crippen molar-refractivity contribution in [1.29, 1.82) is 0 Å². The summed E-state index contributed by atoms with van der Waals surface area (Å²) in [5.74, 6) is -0.247. The second-order valence-corrected chi connectivity index (χ2v) is 8.59. The van der Waals surface area contributed by atoms with E-state index < -0.39 is 6.04 Å². The molecule has 1 fully saturated rings. The van der Waals surface area contributed by atoms with Crippen LogP contribution in [0.25, 0.3) is 0 Å². The maximum absolute atomic E-state index is 13.3. The molecule has 1 aromatic rings. The molecule has 1 atom stereocenters. The normalized spacial score (nSPS) is 21.8. The van der Waals surface area contributed by atoms with E-state index in [-0.39, 0.29) is 30.9 Å². The monoisotopic (exact) mass is 441 g/mol. The summed E-state index contributed by atoms with van der Waals surface area (Å²) < 4.78 is 5.12. The molecule has 3 aliphatic rings. The molecule has 4 rings (SSSR count). The van der Waals surface area contributed by atoms with E-state index in [4.69, 9.17) is 4.74 Å². The Bertz CT molecular complexity index is 921. The number of hydrogen-bond donors (Lipinski definition) is 1. The van der Waals surface area contributed by atoms with Crippen molar-refractivity contribution in [3.63, 3.8) is 0 Å². The number of ether oxygens (including phenoxy) is 1. The van der Waals surface area contributed by atoms with Crippen LogP contribution < -0.4 is 5.32 Å². The summed E-state index contributed by atoms with van der Waals surface area (Å²) in [4.78, 5) is 45.9. The average Bonchev–Trinajstić information content (AvgIpc) is 3.12. The maximum atomic E-state index is 13.3. The number of carbonyl (C=O) groups is 3. The predicted octanol–water partition coefficient (Wildman–Crippen LogP) is 0.578. The van der Waals surface area contributed by atoms with E-state index >= 15 is 0 Å². The Morgan fingerprint density at radius 3 is 2.47 bits per heavy atom. The van der Waals surface area contributed by atoms with E-state index in [2.05, 4.69) is 10.2 Å². The Balaban J connectivity index is 1.44. The van der Waals surface area contributed by atoms with Gasteiger partial charge in [-0.25, -0.2) is 4.79 Å². The van der Waals surface area contributed by atoms with Gasteiger partial charge in [0.15, 0.2) is 0 Å². The first-order valence-corrected chi connectivity index (χ1v) is 11.0. The van der Waals surface area contributed by atoms with E-state index in [1.807, 2.05) is 36.1 Å². The van der Waals surface area contributed by atoms with Crippen molar-refractivity contribution < 1.29 is 19.1 Å². The molecule has 172 valence electrons. The lowest BCUT2D eigenvalue weighted by Gasteiger charge is -2.35. The number of nitrogens with zero attached hydrogens (tertiary/aromatic N) is 4. The standard InChI is InChI=1S/C23H31N5O4/c1-16-4-6-17(7-5-16)21-20-18(25(2)23(31)24-21)14-28(22(20)30)15-19(29)27-10-8-26(9-11-27)12-13-32-3/h4-7,21H,8-15H2,1-3H3,(H,24,31)/t21-/m1/s1. The number of piperazine rings is 1. The van der Waals surface area contributed by atoms with Crippen LogP contribution in [0.2, 0.25) is 0 Å². The second-order valence-electron chi connectivity index (χ2n) is 8.59. The fraction of sp³-hybridized carbons (Fsp3) is 0.522. The Morgan fingerprint density at radius 1 is 1.12 bits per heavy atom. The van der Waals surface area contributed by atoms with Crippen molar-refractivity contribution in [2.24, 2.45) is 0 Å². The summed E-state index contributed by atoms with van der Waals surface area (Å²) in [6.07, 6.45) is 0. The van der Waals surface area contributed by atoms with Crippen molar-refractivity contribution in [2.45, 2.75) is 13.0 Å². The predicted molar refractivity (Wildman–Crippen MR) is 119 cm³/mol. The number of likely N-dealkylation sites (N-methyl/N-ethyl adjacent to an activating group) is 1. The number of aryl methyl sites for hydroxylation is 1. The van der Waals surface area contributed by atoms with Gasteiger partial charge in [-0.2, -0.15) is 0 Å². The number of nitrogens with one attached hydrogen (secondary N) is 1. The largest absolute Gasteiger partial charge is 0.383 e. The number of methoxy groups -OCH3 is 1. The third-order valence-corrected chi connectivity index (χ3v) is 6.51. The molecule has 0 unspecified atom stereocenters. The second kappa shape index (κ2) is 9.30. The summed E-state index contributed by atoms with van der Waals surface area (Å²) in [6.45, 7) is 6.69. The smallest absolute Gasteiger partial charge is 0.322 e. The van der Waals surface area contributed by atoms with E-state index in [1.165, 1.54) is 4.90 Å². The van der Waals surface area contributed by atoms with Gasteiger partial charge in [-0.05, 0) is 12.5 Å². The summed E-state index contributed by atoms with van der Waals surface area (Å²) >= 11 is 0. The Kier molecular flexibility index (Phi) is 6.48. The van der Waals surface area contributed by atoms with Gasteiger partial charge in [0.2, 0.25) is 5.91 Å². The van der Waals surface area contributed by atoms with Gasteiger partial charge in [-0.1, -0.05) is 29.8 Å². The minimum Gasteiger partial charge on any atom is -0.383 e. The molecule has 0 saturated carbocycles. The minimum absolute atomic E-state index is 0.0204. The number of rotatable bonds is 6. The number of hydrogen-bond acceptors (Lipinski definition) is 5. The highest BCUT2D eigenvalue weighted by Crippen LogP contribution is 2.35. The van der Waals surface area contributed by atoms with Crippen LogP contribution in [0.5, 0.6) is 0 Å². The molecule has 9 heteroatoms. The van der Waals surface area contributed by atoms with Gasteiger partial charge in [-0.3, -0.25) is 19.4 Å². The Hall–Kier alpha value is -2.91. The first-order chi connectivity index (χ1) is 15.4. The van der Waals surface area contributed by atoms with E-state index in [9.17, 15) is 14.4 Å². The first-order valence-electron chi connectivity index (χ1n) is 11.0. The van der Waals surface area contributed by atoms with Crippen LogP contribution in [0.1, 0.15) is 17.2 Å². The lowest BCUT2D eigenvalue weighted by molar-refractivity contribution is -0.139. The molecule has 1 aromatic carbocycles. The molecule has 0 aromatic heterocycles. The van der Waals surface area contributed by atoms with E-state index in [0.29, 0.717) is 31.0 Å². The first kappa shape index (κ1) is 22.3. The van der Waals surface area contributed by atoms with Crippen LogP contribution in [0, 0.1) is 6.92 Å². The van der Waals surface area contributed by atoms with Crippen LogP contribution in [0.15, 0.2) is 35.5 Å². The zero-order chi connectivity index (χ0) is 22.8. The number of urea groups is 1. The highest BCUT2D eigenvalue weighted by atomic mass is 16.5. The fourth-order valence-electron chi connectivity index (χ4n) is 4.46. The highest BCUT2D eigenvalue weighted by Gasteiger charge is 2.43. The highest BCUT2D eigenvalue weighted by molar-refractivity contribution is 6.02. The molecule has 1 saturated heterocycles. The van der Waals surface area contributed by atoms with Gasteiger partial charge in [0.25, 0.3) is 5.91 Å². The molecule has 0 aliphatic carbocycles. The van der Waals surface area contributed by atoms with Crippen LogP contribution in [-0.2, 0) is 14.3 Å². The summed E-state index contributed by atoms with van der Waals surface area (Å²) in [5, 5.41) is 2.93. The lowest BCUT2D eigenvalue weighted by Crippen LogP contribution is -2.52. The molecule has 4 amide bonds. The Labute approximate surface area is 188 Å². The Morgan fingerprint density at radius 2 is 1.81 bits per heavy atom. The van der Waals surface area contributed by atoms with E-state index in [0.717, 1.165) is 30.8 Å². The molecular formula is C23H31N5O4. The lowest BCUT2D eigenvalue weighted by atomic mass is 9.95. The zero-order valence-corrected chi connectivity index (χ0v) is 19.0. The number of benzene rings is 1. The fourth-order valence-corrected chi connectivity index (χ4v) is 4.46. The van der Waals surface area contributed by atoms with Crippen molar-refractivity contribution >= 4 is 17.8 Å². The van der Waals surface area contributed by atoms with Gasteiger partial charge < -0.3 is 19.9 Å². The van der Waals surface area contributed by atoms with Gasteiger partial charge in [-0.15, -0.1) is 0 Å². The van der Waals surface area contributed by atoms with Crippen molar-refractivity contribution in [3.8, 4) is 0 Å². The molecule has 9 nitrogen and oxygen atoms in total. The quantitative estimate of drug-likeness (QED) is 0.698. The summed E-state index contributed by atoms with van der Waals surface area (Å²) in [5.41, 5.74) is 3.18. The van der Waals surface area contributed by atoms with Gasteiger partial charge >= 0.3 is 6.03 Å². The van der Waals surface area contributed by atoms with Crippen LogP contribution >= 0.6 is 0 Å². The molecule has 0 bridgehead atoms. The van der Waals surface area contributed by atoms with Crippen LogP contribution in [-0.4, -0.2) is 104 Å². The van der Waals surface area contributed by atoms with Crippen molar-refractivity contribution in [1.82, 2.24) is 24.9 Å². The van der Waals surface area contributed by atoms with Gasteiger partial charge in [0.1, 0.15) is 6.54 Å². The molecular weight excluding hydrogens is 410 g/mol. The number of carbonyl (C=O) groups excluding carboxylic acids is 3. The molecule has 32 heavy (non-hydrogen) atoms. The van der Waals surface area contributed by atoms with Crippen LogP contribution in [0.3, 0.4) is 0 Å². The SMILES string of the molecule is COCCN1CCN(C(=O)CN2CC3=C(C2=O)[C@@H](c2ccc(C)cc2)NC(=O)N3C)CC1. The molecule has 3 heterocycles. The summed E-state index contributed by atoms with van der Waals surface area (Å²) in [7, 11) is 3.35. The molecule has 1 N–H and O–H groups in total. The third-order valence-electron chi connectivity index (χ3n) is 6.51. The van der Waals surface area contributed by atoms with Crippen LogP contribution in [0.4, 0.5) is 4.79 Å². The zero-order valence-electron chi connectivity index (χ0n) is 19.0. The van der Waals surface area contributed by atoms with E-state index in [1.54, 1.807) is 19.1 Å². The number of amides is 4. The third kappa shape index (κ3) is 4.35. The maximum Gasteiger partial charge on any atom is 0.322 e.